The summed E-state index contributed by atoms with van der Waals surface area (Å²) in [6.45, 7) is 1.45. The molecule has 162 valence electrons. The van der Waals surface area contributed by atoms with E-state index < -0.39 is 23.4 Å². The van der Waals surface area contributed by atoms with Crippen molar-refractivity contribution in [2.75, 3.05) is 4.90 Å². The number of esters is 1. The molecular weight excluding hydrogens is 416 g/mol. The van der Waals surface area contributed by atoms with Crippen molar-refractivity contribution < 1.29 is 19.1 Å². The van der Waals surface area contributed by atoms with Gasteiger partial charge >= 0.3 is 5.97 Å². The molecule has 1 aliphatic carbocycles. The third-order valence-electron chi connectivity index (χ3n) is 5.92. The van der Waals surface area contributed by atoms with Gasteiger partial charge in [0.05, 0.1) is 12.2 Å². The van der Waals surface area contributed by atoms with Gasteiger partial charge in [0.1, 0.15) is 0 Å². The van der Waals surface area contributed by atoms with Gasteiger partial charge in [0.2, 0.25) is 0 Å². The van der Waals surface area contributed by atoms with Crippen LogP contribution in [0.25, 0.3) is 0 Å². The zero-order chi connectivity index (χ0) is 22.0. The highest BCUT2D eigenvalue weighted by atomic mass is 35.5. The first kappa shape index (κ1) is 21.4. The summed E-state index contributed by atoms with van der Waals surface area (Å²) in [5.41, 5.74) is -0.385. The zero-order valence-electron chi connectivity index (χ0n) is 17.4. The van der Waals surface area contributed by atoms with Crippen LogP contribution in [-0.2, 0) is 31.3 Å². The highest BCUT2D eigenvalue weighted by Crippen LogP contribution is 2.45. The molecule has 31 heavy (non-hydrogen) atoms. The molecule has 6 nitrogen and oxygen atoms in total. The molecule has 2 aromatic carbocycles. The summed E-state index contributed by atoms with van der Waals surface area (Å²) in [6.07, 6.45) is 4.84. The Morgan fingerprint density at radius 2 is 1.84 bits per heavy atom. The molecule has 4 rings (SSSR count). The smallest absolute Gasteiger partial charge is 0.304 e. The number of hydrogen-bond donors (Lipinski definition) is 1. The summed E-state index contributed by atoms with van der Waals surface area (Å²) in [4.78, 5) is 40.9. The largest absolute Gasteiger partial charge is 0.434 e. The fourth-order valence-corrected chi connectivity index (χ4v) is 4.65. The molecule has 1 fully saturated rings. The number of nitrogens with one attached hydrogen (secondary N) is 1. The van der Waals surface area contributed by atoms with Crippen LogP contribution in [0.3, 0.4) is 0 Å². The van der Waals surface area contributed by atoms with Crippen molar-refractivity contribution in [3.8, 4) is 0 Å². The topological polar surface area (TPSA) is 75.7 Å². The van der Waals surface area contributed by atoms with Gasteiger partial charge < -0.3 is 15.0 Å². The number of ether oxygens (including phenoxy) is 1. The second-order valence-corrected chi connectivity index (χ2v) is 8.56. The van der Waals surface area contributed by atoms with Crippen LogP contribution >= 0.6 is 11.6 Å². The summed E-state index contributed by atoms with van der Waals surface area (Å²) in [5, 5.41) is 3.33. The highest BCUT2D eigenvalue weighted by molar-refractivity contribution is 6.31. The Labute approximate surface area is 186 Å². The molecule has 1 aliphatic heterocycles. The lowest BCUT2D eigenvalue weighted by molar-refractivity contribution is -0.173. The Hall–Kier alpha value is -2.86. The molecule has 1 heterocycles. The van der Waals surface area contributed by atoms with E-state index in [9.17, 15) is 14.4 Å². The Morgan fingerprint density at radius 3 is 2.52 bits per heavy atom. The molecule has 7 heteroatoms. The fourth-order valence-electron chi connectivity index (χ4n) is 4.48. The predicted molar refractivity (Wildman–Crippen MR) is 118 cm³/mol. The maximum absolute atomic E-state index is 13.8. The number of rotatable bonds is 5. The number of benzene rings is 2. The van der Waals surface area contributed by atoms with E-state index in [1.165, 1.54) is 11.8 Å². The van der Waals surface area contributed by atoms with Crippen molar-refractivity contribution in [2.45, 2.75) is 57.2 Å². The molecule has 0 bridgehead atoms. The molecule has 0 aromatic heterocycles. The minimum atomic E-state index is -2.09. The van der Waals surface area contributed by atoms with Crippen LogP contribution in [0, 0.1) is 0 Å². The quantitative estimate of drug-likeness (QED) is 0.561. The van der Waals surface area contributed by atoms with Crippen molar-refractivity contribution in [3.63, 3.8) is 0 Å². The molecule has 1 atom stereocenters. The number of anilines is 1. The Balaban J connectivity index is 1.77. The lowest BCUT2D eigenvalue weighted by Gasteiger charge is -2.30. The number of halogens is 1. The van der Waals surface area contributed by atoms with E-state index in [0.717, 1.165) is 37.7 Å². The molecule has 0 radical (unpaired) electrons. The van der Waals surface area contributed by atoms with E-state index in [1.807, 2.05) is 30.3 Å². The van der Waals surface area contributed by atoms with E-state index in [2.05, 4.69) is 5.32 Å². The number of nitrogens with zero attached hydrogens (tertiary/aromatic N) is 1. The van der Waals surface area contributed by atoms with Gasteiger partial charge in [0, 0.05) is 23.6 Å². The minimum Gasteiger partial charge on any atom is -0.434 e. The summed E-state index contributed by atoms with van der Waals surface area (Å²) in [5.74, 6) is -1.91. The number of hydrogen-bond acceptors (Lipinski definition) is 4. The van der Waals surface area contributed by atoms with Crippen LogP contribution in [-0.4, -0.2) is 23.8 Å². The lowest BCUT2D eigenvalue weighted by atomic mass is 9.91. The third kappa shape index (κ3) is 4.04. The van der Waals surface area contributed by atoms with Crippen molar-refractivity contribution in [1.82, 2.24) is 5.32 Å². The maximum Gasteiger partial charge on any atom is 0.304 e. The molecule has 2 aliphatic rings. The van der Waals surface area contributed by atoms with Crippen molar-refractivity contribution in [2.24, 2.45) is 0 Å². The standard InChI is InChI=1S/C24H25ClN2O4/c1-16(28)31-24(22(29)26-19-10-6-3-7-11-19)20-14-18(25)12-13-21(20)27(23(24)30)15-17-8-4-2-5-9-17/h2,4-5,8-9,12-14,19H,3,6-7,10-11,15H2,1H3,(H,26,29). The first-order valence-corrected chi connectivity index (χ1v) is 11.0. The van der Waals surface area contributed by atoms with Crippen molar-refractivity contribution in [3.05, 3.63) is 64.7 Å². The number of carbonyl (C=O) groups is 3. The normalized spacial score (nSPS) is 21.0. The number of carbonyl (C=O) groups excluding carboxylic acids is 3. The van der Waals surface area contributed by atoms with Crippen LogP contribution in [0.2, 0.25) is 5.02 Å². The minimum absolute atomic E-state index is 0.0488. The van der Waals surface area contributed by atoms with Gasteiger partial charge in [0.25, 0.3) is 17.4 Å². The molecule has 2 amide bonds. The van der Waals surface area contributed by atoms with E-state index >= 15 is 0 Å². The average Bonchev–Trinajstić information content (AvgIpc) is 2.97. The molecular formula is C24H25ClN2O4. The van der Waals surface area contributed by atoms with Crippen molar-refractivity contribution in [1.29, 1.82) is 0 Å². The third-order valence-corrected chi connectivity index (χ3v) is 6.15. The van der Waals surface area contributed by atoms with Crippen LogP contribution in [0.4, 0.5) is 5.69 Å². The first-order valence-electron chi connectivity index (χ1n) is 10.6. The Morgan fingerprint density at radius 1 is 1.13 bits per heavy atom. The van der Waals surface area contributed by atoms with Gasteiger partial charge in [-0.15, -0.1) is 0 Å². The van der Waals surface area contributed by atoms with E-state index in [1.54, 1.807) is 18.2 Å². The van der Waals surface area contributed by atoms with Crippen LogP contribution < -0.4 is 10.2 Å². The average molecular weight is 441 g/mol. The van der Waals surface area contributed by atoms with Gasteiger partial charge in [-0.1, -0.05) is 61.2 Å². The molecule has 1 N–H and O–H groups in total. The van der Waals surface area contributed by atoms with E-state index in [0.29, 0.717) is 16.3 Å². The van der Waals surface area contributed by atoms with Crippen molar-refractivity contribution >= 4 is 35.1 Å². The summed E-state index contributed by atoms with van der Waals surface area (Å²) >= 11 is 6.24. The SMILES string of the molecule is CC(=O)OC1(C(=O)NC2CCCCC2)C(=O)N(Cc2ccccc2)c2ccc(Cl)cc21. The van der Waals surface area contributed by atoms with E-state index in [4.69, 9.17) is 16.3 Å². The molecule has 1 saturated carbocycles. The highest BCUT2D eigenvalue weighted by Gasteiger charge is 2.60. The molecule has 1 unspecified atom stereocenters. The monoisotopic (exact) mass is 440 g/mol. The second-order valence-electron chi connectivity index (χ2n) is 8.12. The Bertz CT molecular complexity index is 1000. The summed E-state index contributed by atoms with van der Waals surface area (Å²) in [6, 6.07) is 14.3. The maximum atomic E-state index is 13.8. The van der Waals surface area contributed by atoms with E-state index in [-0.39, 0.29) is 12.6 Å². The number of fused-ring (bicyclic) bond motifs is 1. The van der Waals surface area contributed by atoms with Crippen LogP contribution in [0.15, 0.2) is 48.5 Å². The lowest BCUT2D eigenvalue weighted by Crippen LogP contribution is -2.56. The first-order chi connectivity index (χ1) is 14.9. The second kappa shape index (κ2) is 8.71. The van der Waals surface area contributed by atoms with Gasteiger partial charge in [-0.3, -0.25) is 14.4 Å². The zero-order valence-corrected chi connectivity index (χ0v) is 18.2. The summed E-state index contributed by atoms with van der Waals surface area (Å²) < 4.78 is 5.56. The van der Waals surface area contributed by atoms with Gasteiger partial charge in [-0.2, -0.15) is 0 Å². The van der Waals surface area contributed by atoms with Crippen LogP contribution in [0.5, 0.6) is 0 Å². The van der Waals surface area contributed by atoms with Gasteiger partial charge in [-0.05, 0) is 36.6 Å². The predicted octanol–water partition coefficient (Wildman–Crippen LogP) is 4.09. The van der Waals surface area contributed by atoms with Gasteiger partial charge in [0.15, 0.2) is 0 Å². The molecule has 2 aromatic rings. The molecule has 0 saturated heterocycles. The fraction of sp³-hybridized carbons (Fsp3) is 0.375. The number of amides is 2. The van der Waals surface area contributed by atoms with Crippen LogP contribution in [0.1, 0.15) is 50.2 Å². The molecule has 0 spiro atoms. The Kier molecular flexibility index (Phi) is 6.01. The summed E-state index contributed by atoms with van der Waals surface area (Å²) in [7, 11) is 0. The van der Waals surface area contributed by atoms with Gasteiger partial charge in [-0.25, -0.2) is 0 Å².